The number of rotatable bonds is 3. The molecule has 0 spiro atoms. The van der Waals surface area contributed by atoms with E-state index >= 15 is 0 Å². The molecule has 1 aromatic rings. The van der Waals surface area contributed by atoms with Gasteiger partial charge in [0.2, 0.25) is 16.0 Å². The number of nitrogens with zero attached hydrogens (tertiary/aromatic N) is 3. The maximum absolute atomic E-state index is 11.5. The second-order valence-electron chi connectivity index (χ2n) is 4.18. The van der Waals surface area contributed by atoms with Crippen LogP contribution in [0.2, 0.25) is 0 Å². The molecule has 1 aliphatic rings. The zero-order valence-corrected chi connectivity index (χ0v) is 10.5. The minimum Gasteiger partial charge on any atom is -0.350 e. The van der Waals surface area contributed by atoms with Gasteiger partial charge in [-0.05, 0) is 18.9 Å². The second-order valence-corrected chi connectivity index (χ2v) is 6.16. The quantitative estimate of drug-likeness (QED) is 0.842. The fourth-order valence-electron chi connectivity index (χ4n) is 1.92. The number of hydrogen-bond acceptors (Lipinski definition) is 5. The van der Waals surface area contributed by atoms with Crippen LogP contribution in [-0.4, -0.2) is 48.1 Å². The molecule has 6 nitrogen and oxygen atoms in total. The van der Waals surface area contributed by atoms with Gasteiger partial charge in [-0.2, -0.15) is 0 Å². The zero-order chi connectivity index (χ0) is 12.3. The molecule has 2 heterocycles. The summed E-state index contributed by atoms with van der Waals surface area (Å²) in [5.41, 5.74) is 0. The predicted molar refractivity (Wildman–Crippen MR) is 65.1 cm³/mol. The number of nitrogens with one attached hydrogen (secondary N) is 1. The average molecular weight is 256 g/mol. The maximum Gasteiger partial charge on any atom is 0.222 e. The van der Waals surface area contributed by atoms with E-state index in [0.717, 1.165) is 12.8 Å². The van der Waals surface area contributed by atoms with Gasteiger partial charge in [0.15, 0.2) is 0 Å². The first-order valence-electron chi connectivity index (χ1n) is 5.54. The molecule has 0 saturated carbocycles. The molecule has 7 heteroatoms. The fourth-order valence-corrected chi connectivity index (χ4v) is 2.83. The molecule has 1 atom stereocenters. The van der Waals surface area contributed by atoms with E-state index in [2.05, 4.69) is 15.3 Å². The highest BCUT2D eigenvalue weighted by Crippen LogP contribution is 2.15. The van der Waals surface area contributed by atoms with Crippen LogP contribution in [0.15, 0.2) is 18.5 Å². The van der Waals surface area contributed by atoms with Gasteiger partial charge in [0, 0.05) is 31.5 Å². The SMILES string of the molecule is CS(=O)(=O)N1CCC[C@H](Nc2ncccn2)C1. The first-order valence-corrected chi connectivity index (χ1v) is 7.39. The van der Waals surface area contributed by atoms with E-state index in [1.807, 2.05) is 0 Å². The number of aromatic nitrogens is 2. The predicted octanol–water partition coefficient (Wildman–Crippen LogP) is 0.312. The Labute approximate surface area is 101 Å². The van der Waals surface area contributed by atoms with E-state index in [1.54, 1.807) is 18.5 Å². The largest absolute Gasteiger partial charge is 0.350 e. The van der Waals surface area contributed by atoms with Crippen molar-refractivity contribution in [3.63, 3.8) is 0 Å². The van der Waals surface area contributed by atoms with Crippen molar-refractivity contribution < 1.29 is 8.42 Å². The summed E-state index contributed by atoms with van der Waals surface area (Å²) in [4.78, 5) is 8.14. The van der Waals surface area contributed by atoms with Crippen LogP contribution in [0.1, 0.15) is 12.8 Å². The summed E-state index contributed by atoms with van der Waals surface area (Å²) >= 11 is 0. The van der Waals surface area contributed by atoms with Gasteiger partial charge in [-0.25, -0.2) is 22.7 Å². The molecule has 0 aromatic carbocycles. The van der Waals surface area contributed by atoms with Crippen molar-refractivity contribution in [1.82, 2.24) is 14.3 Å². The molecule has 17 heavy (non-hydrogen) atoms. The van der Waals surface area contributed by atoms with Crippen molar-refractivity contribution in [1.29, 1.82) is 0 Å². The van der Waals surface area contributed by atoms with Gasteiger partial charge in [0.25, 0.3) is 0 Å². The van der Waals surface area contributed by atoms with Crippen molar-refractivity contribution in [3.05, 3.63) is 18.5 Å². The Bertz CT molecular complexity index is 462. The highest BCUT2D eigenvalue weighted by molar-refractivity contribution is 7.88. The van der Waals surface area contributed by atoms with Gasteiger partial charge in [-0.15, -0.1) is 0 Å². The third-order valence-corrected chi connectivity index (χ3v) is 4.02. The van der Waals surface area contributed by atoms with E-state index < -0.39 is 10.0 Å². The Morgan fingerprint density at radius 1 is 1.41 bits per heavy atom. The van der Waals surface area contributed by atoms with Crippen LogP contribution in [-0.2, 0) is 10.0 Å². The molecule has 0 bridgehead atoms. The van der Waals surface area contributed by atoms with Crippen LogP contribution in [0.4, 0.5) is 5.95 Å². The molecule has 0 radical (unpaired) electrons. The van der Waals surface area contributed by atoms with Crippen molar-refractivity contribution >= 4 is 16.0 Å². The Kier molecular flexibility index (Phi) is 3.58. The highest BCUT2D eigenvalue weighted by Gasteiger charge is 2.25. The van der Waals surface area contributed by atoms with E-state index in [1.165, 1.54) is 10.6 Å². The molecule has 94 valence electrons. The lowest BCUT2D eigenvalue weighted by Crippen LogP contribution is -2.44. The van der Waals surface area contributed by atoms with Crippen LogP contribution in [0.5, 0.6) is 0 Å². The van der Waals surface area contributed by atoms with Crippen molar-refractivity contribution in [2.75, 3.05) is 24.7 Å². The van der Waals surface area contributed by atoms with E-state index in [4.69, 9.17) is 0 Å². The third kappa shape index (κ3) is 3.37. The lowest BCUT2D eigenvalue weighted by Gasteiger charge is -2.31. The van der Waals surface area contributed by atoms with Crippen LogP contribution >= 0.6 is 0 Å². The monoisotopic (exact) mass is 256 g/mol. The van der Waals surface area contributed by atoms with Crippen LogP contribution in [0.25, 0.3) is 0 Å². The molecular formula is C10H16N4O2S. The minimum absolute atomic E-state index is 0.0841. The molecule has 1 fully saturated rings. The standard InChI is InChI=1S/C10H16N4O2S/c1-17(15,16)14-7-2-4-9(8-14)13-10-11-5-3-6-12-10/h3,5-6,9H,2,4,7-8H2,1H3,(H,11,12,13)/t9-/m0/s1. The van der Waals surface area contributed by atoms with Crippen molar-refractivity contribution in [2.45, 2.75) is 18.9 Å². The topological polar surface area (TPSA) is 75.2 Å². The molecule has 0 aliphatic carbocycles. The van der Waals surface area contributed by atoms with Crippen LogP contribution < -0.4 is 5.32 Å². The van der Waals surface area contributed by atoms with Gasteiger partial charge < -0.3 is 5.32 Å². The third-order valence-electron chi connectivity index (χ3n) is 2.75. The maximum atomic E-state index is 11.5. The normalized spacial score (nSPS) is 22.3. The van der Waals surface area contributed by atoms with Crippen molar-refractivity contribution in [2.24, 2.45) is 0 Å². The fraction of sp³-hybridized carbons (Fsp3) is 0.600. The van der Waals surface area contributed by atoms with E-state index in [9.17, 15) is 8.42 Å². The Morgan fingerprint density at radius 2 is 2.12 bits per heavy atom. The number of piperidine rings is 1. The Balaban J connectivity index is 1.99. The number of sulfonamides is 1. The summed E-state index contributed by atoms with van der Waals surface area (Å²) in [5.74, 6) is 0.549. The lowest BCUT2D eigenvalue weighted by atomic mass is 10.1. The summed E-state index contributed by atoms with van der Waals surface area (Å²) in [6.45, 7) is 1.09. The van der Waals surface area contributed by atoms with Gasteiger partial charge in [0.05, 0.1) is 6.26 Å². The molecule has 1 aliphatic heterocycles. The zero-order valence-electron chi connectivity index (χ0n) is 9.70. The lowest BCUT2D eigenvalue weighted by molar-refractivity contribution is 0.328. The molecule has 1 aromatic heterocycles. The van der Waals surface area contributed by atoms with Crippen LogP contribution in [0, 0.1) is 0 Å². The van der Waals surface area contributed by atoms with E-state index in [0.29, 0.717) is 19.0 Å². The first kappa shape index (κ1) is 12.3. The summed E-state index contributed by atoms with van der Waals surface area (Å²) < 4.78 is 24.4. The van der Waals surface area contributed by atoms with Gasteiger partial charge in [0.1, 0.15) is 0 Å². The Morgan fingerprint density at radius 3 is 2.76 bits per heavy atom. The summed E-state index contributed by atoms with van der Waals surface area (Å²) in [6, 6.07) is 1.83. The Hall–Kier alpha value is -1.21. The molecule has 1 saturated heterocycles. The summed E-state index contributed by atoms with van der Waals surface area (Å²) in [6.07, 6.45) is 6.36. The van der Waals surface area contributed by atoms with Gasteiger partial charge in [-0.1, -0.05) is 0 Å². The van der Waals surface area contributed by atoms with Gasteiger partial charge >= 0.3 is 0 Å². The number of hydrogen-bond donors (Lipinski definition) is 1. The molecular weight excluding hydrogens is 240 g/mol. The molecule has 0 unspecified atom stereocenters. The highest BCUT2D eigenvalue weighted by atomic mass is 32.2. The average Bonchev–Trinajstić information content (AvgIpc) is 2.29. The summed E-state index contributed by atoms with van der Waals surface area (Å²) in [7, 11) is -3.10. The van der Waals surface area contributed by atoms with E-state index in [-0.39, 0.29) is 6.04 Å². The van der Waals surface area contributed by atoms with Crippen LogP contribution in [0.3, 0.4) is 0 Å². The number of anilines is 1. The molecule has 0 amide bonds. The summed E-state index contributed by atoms with van der Waals surface area (Å²) in [5, 5.41) is 3.15. The minimum atomic E-state index is -3.10. The molecule has 2 rings (SSSR count). The first-order chi connectivity index (χ1) is 8.05. The second kappa shape index (κ2) is 4.97. The van der Waals surface area contributed by atoms with Gasteiger partial charge in [-0.3, -0.25) is 0 Å². The smallest absolute Gasteiger partial charge is 0.222 e. The molecule has 1 N–H and O–H groups in total. The van der Waals surface area contributed by atoms with Crippen molar-refractivity contribution in [3.8, 4) is 0 Å².